The molecule has 2 N–H and O–H groups in total. The first-order valence-electron chi connectivity index (χ1n) is 7.99. The third kappa shape index (κ3) is 5.89. The van der Waals surface area contributed by atoms with Crippen LogP contribution in [0.2, 0.25) is 5.02 Å². The van der Waals surface area contributed by atoms with Gasteiger partial charge < -0.3 is 5.32 Å². The molecule has 0 radical (unpaired) electrons. The monoisotopic (exact) mass is 388 g/mol. The van der Waals surface area contributed by atoms with Crippen LogP contribution in [0.4, 0.5) is 5.69 Å². The molecular formula is C18H17ClN4O4. The molecule has 0 aliphatic carbocycles. The van der Waals surface area contributed by atoms with Gasteiger partial charge in [0.05, 0.1) is 21.2 Å². The molecule has 0 aliphatic heterocycles. The zero-order valence-electron chi connectivity index (χ0n) is 14.4. The lowest BCUT2D eigenvalue weighted by Gasteiger charge is -2.06. The Morgan fingerprint density at radius 2 is 1.81 bits per heavy atom. The number of nitrogens with one attached hydrogen (secondary N) is 2. The van der Waals surface area contributed by atoms with Gasteiger partial charge in [0.2, 0.25) is 5.91 Å². The van der Waals surface area contributed by atoms with E-state index in [-0.39, 0.29) is 30.5 Å². The molecule has 0 heterocycles. The van der Waals surface area contributed by atoms with Gasteiger partial charge in [0.25, 0.3) is 11.6 Å². The number of hydrazone groups is 1. The lowest BCUT2D eigenvalue weighted by Crippen LogP contribution is -2.29. The summed E-state index contributed by atoms with van der Waals surface area (Å²) in [5.74, 6) is -0.741. The highest BCUT2D eigenvalue weighted by molar-refractivity contribution is 6.33. The number of nitro groups is 1. The molecule has 0 fully saturated rings. The largest absolute Gasteiger partial charge is 0.351 e. The van der Waals surface area contributed by atoms with Crippen LogP contribution in [0, 0.1) is 10.1 Å². The highest BCUT2D eigenvalue weighted by Crippen LogP contribution is 2.14. The van der Waals surface area contributed by atoms with E-state index in [4.69, 9.17) is 11.6 Å². The Labute approximate surface area is 160 Å². The van der Waals surface area contributed by atoms with Crippen molar-refractivity contribution < 1.29 is 14.5 Å². The first kappa shape index (κ1) is 20.1. The molecular weight excluding hydrogens is 372 g/mol. The lowest BCUT2D eigenvalue weighted by molar-refractivity contribution is -0.384. The second kappa shape index (κ2) is 9.44. The highest BCUT2D eigenvalue weighted by atomic mass is 35.5. The van der Waals surface area contributed by atoms with E-state index in [9.17, 15) is 19.7 Å². The molecule has 0 saturated carbocycles. The minimum atomic E-state index is -0.491. The standard InChI is InChI=1S/C18H17ClN4O4/c1-12(13-6-8-14(9-7-13)23(26)27)21-22-17(24)10-11-20-18(25)15-4-2-3-5-16(15)19/h2-9H,10-11H2,1H3,(H,20,25)(H,22,24)/b21-12-. The number of carbonyl (C=O) groups excluding carboxylic acids is 2. The summed E-state index contributed by atoms with van der Waals surface area (Å²) in [6.45, 7) is 1.79. The molecule has 0 spiro atoms. The fourth-order valence-electron chi connectivity index (χ4n) is 2.12. The number of nitrogens with zero attached hydrogens (tertiary/aromatic N) is 2. The normalized spacial score (nSPS) is 11.0. The van der Waals surface area contributed by atoms with Crippen molar-refractivity contribution >= 4 is 34.8 Å². The highest BCUT2D eigenvalue weighted by Gasteiger charge is 2.10. The Kier molecular flexibility index (Phi) is 7.01. The van der Waals surface area contributed by atoms with Crippen LogP contribution in [0.15, 0.2) is 53.6 Å². The molecule has 9 heteroatoms. The third-order valence-electron chi connectivity index (χ3n) is 3.60. The van der Waals surface area contributed by atoms with Gasteiger partial charge in [-0.1, -0.05) is 23.7 Å². The van der Waals surface area contributed by atoms with Gasteiger partial charge in [-0.15, -0.1) is 0 Å². The van der Waals surface area contributed by atoms with Crippen molar-refractivity contribution in [3.63, 3.8) is 0 Å². The van der Waals surface area contributed by atoms with Gasteiger partial charge in [-0.05, 0) is 36.8 Å². The van der Waals surface area contributed by atoms with Gasteiger partial charge in [0.1, 0.15) is 0 Å². The predicted octanol–water partition coefficient (Wildman–Crippen LogP) is 2.91. The summed E-state index contributed by atoms with van der Waals surface area (Å²) in [4.78, 5) is 33.9. The van der Waals surface area contributed by atoms with E-state index in [0.717, 1.165) is 0 Å². The quantitative estimate of drug-likeness (QED) is 0.431. The number of benzene rings is 2. The SMILES string of the molecule is C/C(=N/NC(=O)CCNC(=O)c1ccccc1Cl)c1ccc([N+](=O)[O-])cc1. The van der Waals surface area contributed by atoms with Gasteiger partial charge in [0.15, 0.2) is 0 Å². The Morgan fingerprint density at radius 1 is 1.15 bits per heavy atom. The molecule has 0 atom stereocenters. The molecule has 2 rings (SSSR count). The molecule has 140 valence electrons. The molecule has 2 amide bonds. The number of halogens is 1. The average molecular weight is 389 g/mol. The van der Waals surface area contributed by atoms with Crippen LogP contribution < -0.4 is 10.7 Å². The Balaban J connectivity index is 1.81. The number of amides is 2. The summed E-state index contributed by atoms with van der Waals surface area (Å²) in [6.07, 6.45) is 0.0350. The number of non-ortho nitro benzene ring substituents is 1. The van der Waals surface area contributed by atoms with Gasteiger partial charge >= 0.3 is 0 Å². The van der Waals surface area contributed by atoms with Crippen LogP contribution in [0.25, 0.3) is 0 Å². The van der Waals surface area contributed by atoms with E-state index in [1.54, 1.807) is 43.3 Å². The van der Waals surface area contributed by atoms with Crippen LogP contribution in [0.1, 0.15) is 29.3 Å². The van der Waals surface area contributed by atoms with Crippen LogP contribution >= 0.6 is 11.6 Å². The van der Waals surface area contributed by atoms with Crippen LogP contribution in [0.5, 0.6) is 0 Å². The summed E-state index contributed by atoms with van der Waals surface area (Å²) in [5, 5.41) is 17.5. The molecule has 27 heavy (non-hydrogen) atoms. The van der Waals surface area contributed by atoms with Crippen molar-refractivity contribution in [3.05, 3.63) is 74.8 Å². The summed E-state index contributed by atoms with van der Waals surface area (Å²) in [6, 6.07) is 12.4. The van der Waals surface area contributed by atoms with Gasteiger partial charge in [-0.3, -0.25) is 19.7 Å². The molecule has 0 bridgehead atoms. The fraction of sp³-hybridized carbons (Fsp3) is 0.167. The minimum Gasteiger partial charge on any atom is -0.351 e. The summed E-state index contributed by atoms with van der Waals surface area (Å²) in [7, 11) is 0. The molecule has 0 aliphatic rings. The molecule has 8 nitrogen and oxygen atoms in total. The van der Waals surface area contributed by atoms with Crippen LogP contribution in [-0.4, -0.2) is 29.0 Å². The molecule has 2 aromatic carbocycles. The van der Waals surface area contributed by atoms with Crippen molar-refractivity contribution in [1.82, 2.24) is 10.7 Å². The molecule has 0 saturated heterocycles. The van der Waals surface area contributed by atoms with Crippen molar-refractivity contribution in [2.45, 2.75) is 13.3 Å². The fourth-order valence-corrected chi connectivity index (χ4v) is 2.34. The number of hydrogen-bond acceptors (Lipinski definition) is 5. The van der Waals surface area contributed by atoms with Crippen molar-refractivity contribution in [2.75, 3.05) is 6.54 Å². The van der Waals surface area contributed by atoms with Crippen molar-refractivity contribution in [3.8, 4) is 0 Å². The van der Waals surface area contributed by atoms with Crippen LogP contribution in [-0.2, 0) is 4.79 Å². The first-order chi connectivity index (χ1) is 12.9. The average Bonchev–Trinajstić information content (AvgIpc) is 2.66. The van der Waals surface area contributed by atoms with Gasteiger partial charge in [-0.25, -0.2) is 5.43 Å². The van der Waals surface area contributed by atoms with Crippen molar-refractivity contribution in [1.29, 1.82) is 0 Å². The number of carbonyl (C=O) groups is 2. The Bertz CT molecular complexity index is 881. The van der Waals surface area contributed by atoms with Crippen LogP contribution in [0.3, 0.4) is 0 Å². The van der Waals surface area contributed by atoms with Gasteiger partial charge in [0, 0.05) is 25.1 Å². The van der Waals surface area contributed by atoms with E-state index in [1.807, 2.05) is 0 Å². The summed E-state index contributed by atoms with van der Waals surface area (Å²) >= 11 is 5.94. The second-order valence-electron chi connectivity index (χ2n) is 5.52. The third-order valence-corrected chi connectivity index (χ3v) is 3.93. The smallest absolute Gasteiger partial charge is 0.269 e. The summed E-state index contributed by atoms with van der Waals surface area (Å²) in [5.41, 5.74) is 3.84. The Morgan fingerprint density at radius 3 is 2.44 bits per heavy atom. The molecule has 2 aromatic rings. The van der Waals surface area contributed by atoms with E-state index in [2.05, 4.69) is 15.8 Å². The zero-order chi connectivity index (χ0) is 19.8. The maximum absolute atomic E-state index is 12.0. The predicted molar refractivity (Wildman–Crippen MR) is 102 cm³/mol. The minimum absolute atomic E-state index is 0.0233. The lowest BCUT2D eigenvalue weighted by atomic mass is 10.1. The summed E-state index contributed by atoms with van der Waals surface area (Å²) < 4.78 is 0. The van der Waals surface area contributed by atoms with E-state index in [0.29, 0.717) is 21.9 Å². The maximum atomic E-state index is 12.0. The zero-order valence-corrected chi connectivity index (χ0v) is 15.2. The second-order valence-corrected chi connectivity index (χ2v) is 5.93. The number of rotatable bonds is 7. The van der Waals surface area contributed by atoms with Gasteiger partial charge in [-0.2, -0.15) is 5.10 Å². The number of nitro benzene ring substituents is 1. The maximum Gasteiger partial charge on any atom is 0.269 e. The first-order valence-corrected chi connectivity index (χ1v) is 8.37. The van der Waals surface area contributed by atoms with E-state index < -0.39 is 4.92 Å². The topological polar surface area (TPSA) is 114 Å². The Hall–Kier alpha value is -3.26. The molecule has 0 aromatic heterocycles. The van der Waals surface area contributed by atoms with E-state index >= 15 is 0 Å². The molecule has 0 unspecified atom stereocenters. The number of hydrogen-bond donors (Lipinski definition) is 2. The van der Waals surface area contributed by atoms with E-state index in [1.165, 1.54) is 12.1 Å². The van der Waals surface area contributed by atoms with Crippen molar-refractivity contribution in [2.24, 2.45) is 5.10 Å².